The molecular weight excluding hydrogens is 592 g/mol. The van der Waals surface area contributed by atoms with Gasteiger partial charge in [-0.2, -0.15) is 0 Å². The first-order valence-corrected chi connectivity index (χ1v) is 14.5. The molecule has 9 heteroatoms. The molecule has 0 N–H and O–H groups in total. The molecule has 8 bridgehead atoms. The minimum absolute atomic E-state index is 0. The van der Waals surface area contributed by atoms with Crippen LogP contribution in [0.15, 0.2) is 24.3 Å². The molecular formula is C34H36CuN4O4. The van der Waals surface area contributed by atoms with Crippen LogP contribution in [0.5, 0.6) is 0 Å². The van der Waals surface area contributed by atoms with Gasteiger partial charge in [0.2, 0.25) is 0 Å². The average Bonchev–Trinajstić information content (AvgIpc) is 3.63. The number of nitrogens with zero attached hydrogens (tertiary/aromatic N) is 4. The van der Waals surface area contributed by atoms with E-state index < -0.39 is 0 Å². The summed E-state index contributed by atoms with van der Waals surface area (Å²) in [6, 6.07) is 7.96. The van der Waals surface area contributed by atoms with Crippen LogP contribution in [0, 0.1) is 13.8 Å². The van der Waals surface area contributed by atoms with Crippen molar-refractivity contribution in [3.8, 4) is 0 Å². The number of ether oxygens (including phenoxy) is 2. The van der Waals surface area contributed by atoms with Gasteiger partial charge < -0.3 is 19.4 Å². The molecule has 3 aromatic heterocycles. The van der Waals surface area contributed by atoms with Crippen molar-refractivity contribution in [3.05, 3.63) is 69.3 Å². The number of allylic oxidation sites excluding steroid dienone is 2. The molecule has 3 aromatic rings. The van der Waals surface area contributed by atoms with Gasteiger partial charge >= 0.3 is 29.0 Å². The Labute approximate surface area is 262 Å². The molecule has 2 aliphatic rings. The zero-order chi connectivity index (χ0) is 30.0. The van der Waals surface area contributed by atoms with E-state index in [1.54, 1.807) is 13.8 Å². The van der Waals surface area contributed by atoms with E-state index in [1.807, 2.05) is 58.0 Å². The zero-order valence-electron chi connectivity index (χ0n) is 25.4. The van der Waals surface area contributed by atoms with Crippen LogP contribution in [-0.4, -0.2) is 35.1 Å². The SMILES string of the molecule is CCOC(=O)CCc1c(C)c2cc3nc(cc4nc(cc5[n-]c(cc1[n-]2)c(CCC(=O)OCC)c5C)C(C)=C4)C(C)=C3.[Cu+2]. The molecule has 227 valence electrons. The number of esters is 2. The van der Waals surface area contributed by atoms with Crippen molar-refractivity contribution in [1.82, 2.24) is 19.9 Å². The van der Waals surface area contributed by atoms with E-state index in [0.29, 0.717) is 26.1 Å². The van der Waals surface area contributed by atoms with Crippen LogP contribution in [0.2, 0.25) is 0 Å². The van der Waals surface area contributed by atoms with E-state index in [9.17, 15) is 9.59 Å². The summed E-state index contributed by atoms with van der Waals surface area (Å²) in [5.41, 5.74) is 12.4. The minimum atomic E-state index is -0.243. The average molecular weight is 628 g/mol. The first kappa shape index (κ1) is 32.0. The molecule has 5 heterocycles. The molecule has 43 heavy (non-hydrogen) atoms. The maximum atomic E-state index is 12.3. The van der Waals surface area contributed by atoms with E-state index in [0.717, 1.165) is 78.2 Å². The Morgan fingerprint density at radius 1 is 0.651 bits per heavy atom. The number of aromatic nitrogens is 4. The number of hydrogen-bond donors (Lipinski definition) is 0. The molecule has 0 unspecified atom stereocenters. The molecule has 1 radical (unpaired) electrons. The fourth-order valence-corrected chi connectivity index (χ4v) is 5.42. The molecule has 0 spiro atoms. The van der Waals surface area contributed by atoms with Crippen molar-refractivity contribution >= 4 is 57.3 Å². The summed E-state index contributed by atoms with van der Waals surface area (Å²) in [5, 5.41) is 0. The van der Waals surface area contributed by atoms with Gasteiger partial charge in [0.15, 0.2) is 0 Å². The Morgan fingerprint density at radius 3 is 1.58 bits per heavy atom. The molecule has 0 saturated heterocycles. The van der Waals surface area contributed by atoms with Crippen molar-refractivity contribution in [3.63, 3.8) is 0 Å². The van der Waals surface area contributed by atoms with Crippen molar-refractivity contribution in [2.45, 2.75) is 67.2 Å². The Morgan fingerprint density at radius 2 is 1.09 bits per heavy atom. The molecule has 0 saturated carbocycles. The summed E-state index contributed by atoms with van der Waals surface area (Å²) in [5.74, 6) is -0.486. The predicted molar refractivity (Wildman–Crippen MR) is 165 cm³/mol. The van der Waals surface area contributed by atoms with Crippen molar-refractivity contribution < 1.29 is 36.1 Å². The molecule has 2 aliphatic heterocycles. The van der Waals surface area contributed by atoms with Crippen LogP contribution < -0.4 is 9.97 Å². The van der Waals surface area contributed by atoms with E-state index in [-0.39, 0.29) is 41.8 Å². The van der Waals surface area contributed by atoms with E-state index in [2.05, 4.69) is 6.08 Å². The minimum Gasteiger partial charge on any atom is -0.657 e. The smallest absolute Gasteiger partial charge is 0.657 e. The predicted octanol–water partition coefficient (Wildman–Crippen LogP) is 6.30. The quantitative estimate of drug-likeness (QED) is 0.212. The summed E-state index contributed by atoms with van der Waals surface area (Å²) in [4.78, 5) is 44.3. The summed E-state index contributed by atoms with van der Waals surface area (Å²) in [6.07, 6.45) is 5.57. The largest absolute Gasteiger partial charge is 2.00 e. The van der Waals surface area contributed by atoms with Crippen LogP contribution in [0.1, 0.15) is 85.6 Å². The molecule has 0 atom stereocenters. The van der Waals surface area contributed by atoms with Crippen LogP contribution in [0.25, 0.3) is 45.4 Å². The normalized spacial score (nSPS) is 12.3. The first-order chi connectivity index (χ1) is 20.2. The van der Waals surface area contributed by atoms with Crippen molar-refractivity contribution in [2.75, 3.05) is 13.2 Å². The van der Waals surface area contributed by atoms with Gasteiger partial charge in [-0.05, 0) is 83.7 Å². The van der Waals surface area contributed by atoms with Gasteiger partial charge in [-0.25, -0.2) is 9.97 Å². The number of carbonyl (C=O) groups is 2. The van der Waals surface area contributed by atoms with E-state index >= 15 is 0 Å². The Balaban J connectivity index is 0.00000423. The van der Waals surface area contributed by atoms with Crippen LogP contribution in [-0.2, 0) is 49.0 Å². The summed E-state index contributed by atoms with van der Waals surface area (Å²) >= 11 is 0. The summed E-state index contributed by atoms with van der Waals surface area (Å²) in [6.45, 7) is 12.4. The van der Waals surface area contributed by atoms with Gasteiger partial charge in [0, 0.05) is 12.8 Å². The molecule has 0 amide bonds. The number of aryl methyl sites for hydroxylation is 4. The van der Waals surface area contributed by atoms with Gasteiger partial charge in [0.25, 0.3) is 0 Å². The summed E-state index contributed by atoms with van der Waals surface area (Å²) in [7, 11) is 0. The Hall–Kier alpha value is -3.94. The van der Waals surface area contributed by atoms with Crippen molar-refractivity contribution in [1.29, 1.82) is 0 Å². The third kappa shape index (κ3) is 7.00. The van der Waals surface area contributed by atoms with Gasteiger partial charge in [-0.15, -0.1) is 22.1 Å². The fraction of sp³-hybridized carbons (Fsp3) is 0.353. The van der Waals surface area contributed by atoms with E-state index in [4.69, 9.17) is 29.4 Å². The number of hydrogen-bond acceptors (Lipinski definition) is 6. The first-order valence-electron chi connectivity index (χ1n) is 14.5. The molecule has 8 nitrogen and oxygen atoms in total. The zero-order valence-corrected chi connectivity index (χ0v) is 26.4. The van der Waals surface area contributed by atoms with Crippen LogP contribution in [0.3, 0.4) is 0 Å². The van der Waals surface area contributed by atoms with Gasteiger partial charge in [-0.1, -0.05) is 40.5 Å². The van der Waals surface area contributed by atoms with Gasteiger partial charge in [0.05, 0.1) is 36.0 Å². The van der Waals surface area contributed by atoms with Gasteiger partial charge in [0.1, 0.15) is 0 Å². The standard InChI is InChI=1S/C34H36N4O4.Cu/c1-7-41-33(39)11-9-25-21(5)29-16-24-13-19(3)27(35-24)15-23-14-20(4)28(36-23)17-30-22(6)26(10-12-34(40)42-8-2)32(38-30)18-31(25)37-29;/h13-18H,7-12H2,1-6H3;/q-2;+2. The second-order valence-corrected chi connectivity index (χ2v) is 10.7. The molecule has 0 aromatic carbocycles. The molecule has 5 rings (SSSR count). The van der Waals surface area contributed by atoms with Crippen LogP contribution >= 0.6 is 0 Å². The Bertz CT molecular complexity index is 1800. The third-order valence-electron chi connectivity index (χ3n) is 7.69. The second kappa shape index (κ2) is 13.6. The fourth-order valence-electron chi connectivity index (χ4n) is 5.42. The number of rotatable bonds is 8. The van der Waals surface area contributed by atoms with Gasteiger partial charge in [-0.3, -0.25) is 9.59 Å². The topological polar surface area (TPSA) is 107 Å². The number of carbonyl (C=O) groups excluding carboxylic acids is 2. The molecule has 0 aliphatic carbocycles. The molecule has 0 fully saturated rings. The third-order valence-corrected chi connectivity index (χ3v) is 7.69. The Kier molecular flexibility index (Phi) is 10.1. The number of fused-ring (bicyclic) bond motifs is 8. The maximum Gasteiger partial charge on any atom is 2.00 e. The second-order valence-electron chi connectivity index (χ2n) is 10.7. The van der Waals surface area contributed by atoms with Crippen molar-refractivity contribution in [2.24, 2.45) is 0 Å². The van der Waals surface area contributed by atoms with Crippen LogP contribution in [0.4, 0.5) is 0 Å². The monoisotopic (exact) mass is 627 g/mol. The maximum absolute atomic E-state index is 12.3. The van der Waals surface area contributed by atoms with E-state index in [1.165, 1.54) is 0 Å². The summed E-state index contributed by atoms with van der Waals surface area (Å²) < 4.78 is 10.4.